The van der Waals surface area contributed by atoms with Crippen molar-refractivity contribution in [2.45, 2.75) is 11.8 Å². The van der Waals surface area contributed by atoms with E-state index in [-0.39, 0.29) is 5.69 Å². The molecule has 2 aromatic rings. The van der Waals surface area contributed by atoms with Crippen molar-refractivity contribution in [3.63, 3.8) is 0 Å². The van der Waals surface area contributed by atoms with Crippen molar-refractivity contribution in [1.29, 1.82) is 0 Å². The molecular formula is C13H12F2N2O2S. The van der Waals surface area contributed by atoms with Gasteiger partial charge in [-0.2, -0.15) is 0 Å². The van der Waals surface area contributed by atoms with Crippen LogP contribution in [-0.2, 0) is 10.0 Å². The molecule has 0 aliphatic rings. The first-order valence-electron chi connectivity index (χ1n) is 5.63. The second-order valence-electron chi connectivity index (χ2n) is 4.25. The van der Waals surface area contributed by atoms with Crippen LogP contribution in [0.15, 0.2) is 41.3 Å². The fraction of sp³-hybridized carbons (Fsp3) is 0.0769. The molecule has 4 nitrogen and oxygen atoms in total. The van der Waals surface area contributed by atoms with Crippen LogP contribution in [0.2, 0.25) is 0 Å². The van der Waals surface area contributed by atoms with Crippen LogP contribution >= 0.6 is 0 Å². The molecule has 0 atom stereocenters. The maximum Gasteiger partial charge on any atom is 0.264 e. The lowest BCUT2D eigenvalue weighted by molar-refractivity contribution is 0.555. The lowest BCUT2D eigenvalue weighted by atomic mass is 10.2. The molecule has 0 spiro atoms. The predicted octanol–water partition coefficient (Wildman–Crippen LogP) is 2.66. The van der Waals surface area contributed by atoms with Gasteiger partial charge >= 0.3 is 0 Å². The third-order valence-electron chi connectivity index (χ3n) is 2.68. The van der Waals surface area contributed by atoms with Crippen LogP contribution in [0, 0.1) is 18.6 Å². The molecule has 20 heavy (non-hydrogen) atoms. The van der Waals surface area contributed by atoms with E-state index in [0.717, 1.165) is 12.1 Å². The van der Waals surface area contributed by atoms with Crippen LogP contribution in [-0.4, -0.2) is 8.42 Å². The molecule has 0 heterocycles. The van der Waals surface area contributed by atoms with Gasteiger partial charge in [-0.3, -0.25) is 4.72 Å². The number of anilines is 2. The Labute approximate surface area is 115 Å². The molecule has 0 fully saturated rings. The smallest absolute Gasteiger partial charge is 0.264 e. The lowest BCUT2D eigenvalue weighted by Crippen LogP contribution is -2.15. The minimum Gasteiger partial charge on any atom is -0.399 e. The first-order valence-corrected chi connectivity index (χ1v) is 7.12. The number of nitrogens with two attached hydrogens (primary N) is 1. The highest BCUT2D eigenvalue weighted by atomic mass is 32.2. The van der Waals surface area contributed by atoms with Crippen molar-refractivity contribution < 1.29 is 17.2 Å². The van der Waals surface area contributed by atoms with Gasteiger partial charge in [0.05, 0.1) is 5.69 Å². The number of nitrogens with one attached hydrogen (secondary N) is 1. The van der Waals surface area contributed by atoms with Gasteiger partial charge in [-0.1, -0.05) is 0 Å². The van der Waals surface area contributed by atoms with Gasteiger partial charge in [-0.25, -0.2) is 17.2 Å². The Morgan fingerprint density at radius 1 is 1.10 bits per heavy atom. The van der Waals surface area contributed by atoms with Gasteiger partial charge in [0.15, 0.2) is 0 Å². The van der Waals surface area contributed by atoms with Crippen LogP contribution in [0.1, 0.15) is 5.56 Å². The molecule has 3 N–H and O–H groups in total. The Bertz CT molecular complexity index is 761. The van der Waals surface area contributed by atoms with Crippen molar-refractivity contribution in [2.75, 3.05) is 10.5 Å². The summed E-state index contributed by atoms with van der Waals surface area (Å²) in [5.41, 5.74) is 6.86. The number of nitrogen functional groups attached to an aromatic ring is 1. The Kier molecular flexibility index (Phi) is 3.63. The summed E-state index contributed by atoms with van der Waals surface area (Å²) in [6, 6.07) is 6.78. The fourth-order valence-corrected chi connectivity index (χ4v) is 2.91. The molecule has 7 heteroatoms. The molecule has 0 saturated heterocycles. The average molecular weight is 298 g/mol. The SMILES string of the molecule is Cc1cc(N)ccc1NS(=O)(=O)c1cc(F)ccc1F. The van der Waals surface area contributed by atoms with Gasteiger partial charge < -0.3 is 5.73 Å². The molecule has 0 saturated carbocycles. The minimum absolute atomic E-state index is 0.253. The van der Waals surface area contributed by atoms with E-state index in [0.29, 0.717) is 17.3 Å². The summed E-state index contributed by atoms with van der Waals surface area (Å²) >= 11 is 0. The first kappa shape index (κ1) is 14.3. The van der Waals surface area contributed by atoms with Crippen LogP contribution in [0.25, 0.3) is 0 Å². The Hall–Kier alpha value is -2.15. The van der Waals surface area contributed by atoms with E-state index in [1.54, 1.807) is 13.0 Å². The summed E-state index contributed by atoms with van der Waals surface area (Å²) < 4.78 is 52.9. The summed E-state index contributed by atoms with van der Waals surface area (Å²) in [6.07, 6.45) is 0. The lowest BCUT2D eigenvalue weighted by Gasteiger charge is -2.11. The maximum absolute atomic E-state index is 13.5. The van der Waals surface area contributed by atoms with Gasteiger partial charge in [0.2, 0.25) is 0 Å². The second-order valence-corrected chi connectivity index (χ2v) is 5.91. The van der Waals surface area contributed by atoms with Gasteiger partial charge in [0, 0.05) is 5.69 Å². The second kappa shape index (κ2) is 5.09. The van der Waals surface area contributed by atoms with E-state index < -0.39 is 26.6 Å². The molecular weight excluding hydrogens is 286 g/mol. The summed E-state index contributed by atoms with van der Waals surface area (Å²) in [5, 5.41) is 0. The number of halogens is 2. The van der Waals surface area contributed by atoms with E-state index in [9.17, 15) is 17.2 Å². The fourth-order valence-electron chi connectivity index (χ4n) is 1.68. The zero-order chi connectivity index (χ0) is 14.9. The molecule has 0 unspecified atom stereocenters. The van der Waals surface area contributed by atoms with E-state index in [1.807, 2.05) is 0 Å². The van der Waals surface area contributed by atoms with Gasteiger partial charge in [-0.05, 0) is 48.9 Å². The van der Waals surface area contributed by atoms with Gasteiger partial charge in [0.1, 0.15) is 16.5 Å². The quantitative estimate of drug-likeness (QED) is 0.856. The maximum atomic E-state index is 13.5. The summed E-state index contributed by atoms with van der Waals surface area (Å²) in [6.45, 7) is 1.65. The zero-order valence-corrected chi connectivity index (χ0v) is 11.3. The van der Waals surface area contributed by atoms with E-state index in [1.165, 1.54) is 12.1 Å². The minimum atomic E-state index is -4.21. The van der Waals surface area contributed by atoms with E-state index >= 15 is 0 Å². The number of hydrogen-bond donors (Lipinski definition) is 2. The zero-order valence-electron chi connectivity index (χ0n) is 10.5. The van der Waals surface area contributed by atoms with Crippen molar-refractivity contribution >= 4 is 21.4 Å². The Balaban J connectivity index is 2.43. The number of sulfonamides is 1. The highest BCUT2D eigenvalue weighted by Gasteiger charge is 2.20. The molecule has 0 aliphatic carbocycles. The number of rotatable bonds is 3. The summed E-state index contributed by atoms with van der Waals surface area (Å²) in [7, 11) is -4.21. The van der Waals surface area contributed by atoms with Gasteiger partial charge in [-0.15, -0.1) is 0 Å². The highest BCUT2D eigenvalue weighted by molar-refractivity contribution is 7.92. The molecule has 2 aromatic carbocycles. The van der Waals surface area contributed by atoms with Crippen LogP contribution < -0.4 is 10.5 Å². The van der Waals surface area contributed by atoms with E-state index in [2.05, 4.69) is 4.72 Å². The first-order chi connectivity index (χ1) is 9.29. The van der Waals surface area contributed by atoms with Crippen molar-refractivity contribution in [2.24, 2.45) is 0 Å². The summed E-state index contributed by atoms with van der Waals surface area (Å²) in [4.78, 5) is -0.742. The third-order valence-corrected chi connectivity index (χ3v) is 4.06. The third kappa shape index (κ3) is 2.88. The van der Waals surface area contributed by atoms with Crippen LogP contribution in [0.5, 0.6) is 0 Å². The molecule has 0 radical (unpaired) electrons. The molecule has 0 bridgehead atoms. The molecule has 0 aliphatic heterocycles. The van der Waals surface area contributed by atoms with Crippen LogP contribution in [0.4, 0.5) is 20.2 Å². The molecule has 0 amide bonds. The van der Waals surface area contributed by atoms with Crippen molar-refractivity contribution in [3.05, 3.63) is 53.6 Å². The Morgan fingerprint density at radius 3 is 2.45 bits per heavy atom. The topological polar surface area (TPSA) is 72.2 Å². The number of benzene rings is 2. The molecule has 2 rings (SSSR count). The van der Waals surface area contributed by atoms with Crippen molar-refractivity contribution in [3.8, 4) is 0 Å². The summed E-state index contributed by atoms with van der Waals surface area (Å²) in [5.74, 6) is -1.85. The largest absolute Gasteiger partial charge is 0.399 e. The number of aryl methyl sites for hydroxylation is 1. The molecule has 106 valence electrons. The van der Waals surface area contributed by atoms with Crippen LogP contribution in [0.3, 0.4) is 0 Å². The molecule has 0 aromatic heterocycles. The standard InChI is InChI=1S/C13H12F2N2O2S/c1-8-6-10(16)3-5-12(8)17-20(18,19)13-7-9(14)2-4-11(13)15/h2-7,17H,16H2,1H3. The monoisotopic (exact) mass is 298 g/mol. The average Bonchev–Trinajstić information content (AvgIpc) is 2.35. The predicted molar refractivity (Wildman–Crippen MR) is 72.8 cm³/mol. The highest BCUT2D eigenvalue weighted by Crippen LogP contribution is 2.23. The van der Waals surface area contributed by atoms with Crippen molar-refractivity contribution in [1.82, 2.24) is 0 Å². The van der Waals surface area contributed by atoms with E-state index in [4.69, 9.17) is 5.73 Å². The Morgan fingerprint density at radius 2 is 1.80 bits per heavy atom. The van der Waals surface area contributed by atoms with Gasteiger partial charge in [0.25, 0.3) is 10.0 Å². The normalized spacial score (nSPS) is 11.3. The number of hydrogen-bond acceptors (Lipinski definition) is 3.